The highest BCUT2D eigenvalue weighted by Crippen LogP contribution is 2.40. The Morgan fingerprint density at radius 2 is 1.15 bits per heavy atom. The lowest BCUT2D eigenvalue weighted by Gasteiger charge is -2.34. The summed E-state index contributed by atoms with van der Waals surface area (Å²) in [5.74, 6) is 0. The predicted molar refractivity (Wildman–Crippen MR) is 114 cm³/mol. The van der Waals surface area contributed by atoms with Gasteiger partial charge in [0.1, 0.15) is 6.17 Å². The van der Waals surface area contributed by atoms with Gasteiger partial charge < -0.3 is 9.80 Å². The maximum atomic E-state index is 3.78. The van der Waals surface area contributed by atoms with E-state index in [1.807, 2.05) is 0 Å². The van der Waals surface area contributed by atoms with E-state index in [2.05, 4.69) is 112 Å². The van der Waals surface area contributed by atoms with Crippen LogP contribution in [0.4, 0.5) is 11.4 Å². The van der Waals surface area contributed by atoms with Gasteiger partial charge in [0.05, 0.1) is 0 Å². The highest BCUT2D eigenvalue weighted by atomic mass is 79.9. The summed E-state index contributed by atoms with van der Waals surface area (Å²) in [5, 5.41) is 0. The molecule has 0 aromatic heterocycles. The van der Waals surface area contributed by atoms with Crippen molar-refractivity contribution in [3.63, 3.8) is 0 Å². The maximum absolute atomic E-state index is 3.78. The number of aryl methyl sites for hydroxylation is 2. The Labute approximate surface area is 164 Å². The molecule has 0 atom stereocenters. The van der Waals surface area contributed by atoms with Crippen LogP contribution >= 0.6 is 15.9 Å². The fraction of sp³-hybridized carbons (Fsp3) is 0.217. The van der Waals surface area contributed by atoms with Crippen molar-refractivity contribution in [2.45, 2.75) is 20.0 Å². The number of halogens is 1. The second-order valence-electron chi connectivity index (χ2n) is 6.95. The Hall–Kier alpha value is -2.26. The summed E-state index contributed by atoms with van der Waals surface area (Å²) in [7, 11) is 0. The van der Waals surface area contributed by atoms with Gasteiger partial charge in [-0.25, -0.2) is 0 Å². The maximum Gasteiger partial charge on any atom is 0.129 e. The molecule has 1 aliphatic rings. The monoisotopic (exact) mass is 406 g/mol. The van der Waals surface area contributed by atoms with Crippen molar-refractivity contribution in [3.05, 3.63) is 94.0 Å². The molecule has 1 aliphatic heterocycles. The molecule has 26 heavy (non-hydrogen) atoms. The summed E-state index contributed by atoms with van der Waals surface area (Å²) in [6.45, 7) is 6.28. The quantitative estimate of drug-likeness (QED) is 0.518. The molecule has 2 nitrogen and oxygen atoms in total. The Morgan fingerprint density at radius 1 is 0.692 bits per heavy atom. The zero-order valence-corrected chi connectivity index (χ0v) is 16.8. The number of hydrogen-bond acceptors (Lipinski definition) is 2. The van der Waals surface area contributed by atoms with Crippen molar-refractivity contribution in [1.82, 2.24) is 0 Å². The molecule has 1 fully saturated rings. The van der Waals surface area contributed by atoms with E-state index in [0.29, 0.717) is 0 Å². The van der Waals surface area contributed by atoms with E-state index in [4.69, 9.17) is 0 Å². The molecule has 0 saturated carbocycles. The van der Waals surface area contributed by atoms with Crippen LogP contribution in [0.25, 0.3) is 0 Å². The summed E-state index contributed by atoms with van der Waals surface area (Å²) >= 11 is 3.78. The molecule has 0 amide bonds. The van der Waals surface area contributed by atoms with Crippen molar-refractivity contribution in [3.8, 4) is 0 Å². The van der Waals surface area contributed by atoms with Crippen LogP contribution in [-0.4, -0.2) is 13.1 Å². The van der Waals surface area contributed by atoms with Gasteiger partial charge in [-0.3, -0.25) is 0 Å². The van der Waals surface area contributed by atoms with Crippen LogP contribution in [0.2, 0.25) is 0 Å². The minimum atomic E-state index is 0.177. The molecule has 0 radical (unpaired) electrons. The Kier molecular flexibility index (Phi) is 4.73. The average molecular weight is 407 g/mol. The number of rotatable bonds is 3. The highest BCUT2D eigenvalue weighted by molar-refractivity contribution is 9.10. The number of nitrogens with zero attached hydrogens (tertiary/aromatic N) is 2. The van der Waals surface area contributed by atoms with E-state index in [-0.39, 0.29) is 6.17 Å². The topological polar surface area (TPSA) is 6.48 Å². The number of benzene rings is 3. The van der Waals surface area contributed by atoms with Crippen LogP contribution in [0, 0.1) is 13.8 Å². The normalized spacial score (nSPS) is 14.9. The van der Waals surface area contributed by atoms with Crippen molar-refractivity contribution in [2.75, 3.05) is 22.9 Å². The molecule has 1 saturated heterocycles. The van der Waals surface area contributed by atoms with Crippen LogP contribution in [0.5, 0.6) is 0 Å². The smallest absolute Gasteiger partial charge is 0.129 e. The summed E-state index contributed by atoms with van der Waals surface area (Å²) in [4.78, 5) is 5.00. The van der Waals surface area contributed by atoms with Gasteiger partial charge in [0.25, 0.3) is 0 Å². The van der Waals surface area contributed by atoms with Crippen molar-refractivity contribution in [2.24, 2.45) is 0 Å². The Balaban J connectivity index is 1.78. The molecule has 0 spiro atoms. The summed E-state index contributed by atoms with van der Waals surface area (Å²) in [5.41, 5.74) is 6.42. The van der Waals surface area contributed by atoms with Crippen molar-refractivity contribution in [1.29, 1.82) is 0 Å². The van der Waals surface area contributed by atoms with Crippen molar-refractivity contribution < 1.29 is 0 Å². The molecule has 0 bridgehead atoms. The Morgan fingerprint density at radius 3 is 1.62 bits per heavy atom. The van der Waals surface area contributed by atoms with Crippen LogP contribution in [-0.2, 0) is 0 Å². The molecule has 3 aromatic carbocycles. The molecular weight excluding hydrogens is 384 g/mol. The molecule has 4 rings (SSSR count). The third-order valence-electron chi connectivity index (χ3n) is 5.09. The minimum absolute atomic E-state index is 0.177. The summed E-state index contributed by atoms with van der Waals surface area (Å²) in [6, 6.07) is 26.3. The van der Waals surface area contributed by atoms with Gasteiger partial charge in [-0.2, -0.15) is 0 Å². The third kappa shape index (κ3) is 3.24. The van der Waals surface area contributed by atoms with Gasteiger partial charge in [0, 0.05) is 34.5 Å². The lowest BCUT2D eigenvalue weighted by Crippen LogP contribution is -2.31. The van der Waals surface area contributed by atoms with Crippen molar-refractivity contribution >= 4 is 27.3 Å². The molecule has 0 N–H and O–H groups in total. The van der Waals surface area contributed by atoms with E-state index in [9.17, 15) is 0 Å². The zero-order valence-electron chi connectivity index (χ0n) is 15.2. The summed E-state index contributed by atoms with van der Waals surface area (Å²) < 4.78 is 1.15. The van der Waals surface area contributed by atoms with E-state index in [1.165, 1.54) is 28.1 Å². The van der Waals surface area contributed by atoms with Gasteiger partial charge in [0.15, 0.2) is 0 Å². The summed E-state index contributed by atoms with van der Waals surface area (Å²) in [6.07, 6.45) is 0.177. The van der Waals surface area contributed by atoms with Gasteiger partial charge in [-0.15, -0.1) is 0 Å². The largest absolute Gasteiger partial charge is 0.346 e. The van der Waals surface area contributed by atoms with E-state index >= 15 is 0 Å². The molecule has 3 heteroatoms. The lowest BCUT2D eigenvalue weighted by molar-refractivity contribution is 0.714. The standard InChI is InChI=1S/C23H23BrN2/c1-17-7-11-19(12-8-17)25-15-16-26(20-13-9-18(2)10-14-20)23(25)21-5-3-4-6-22(21)24/h3-14,23H,15-16H2,1-2H3. The average Bonchev–Trinajstić information content (AvgIpc) is 3.08. The number of anilines is 2. The SMILES string of the molecule is Cc1ccc(N2CCN(c3ccc(C)cc3)C2c2ccccc2Br)cc1. The lowest BCUT2D eigenvalue weighted by atomic mass is 10.1. The van der Waals surface area contributed by atoms with E-state index in [1.54, 1.807) is 0 Å². The first-order valence-electron chi connectivity index (χ1n) is 9.04. The fourth-order valence-electron chi connectivity index (χ4n) is 3.66. The molecule has 3 aromatic rings. The predicted octanol–water partition coefficient (Wildman–Crippen LogP) is 6.09. The minimum Gasteiger partial charge on any atom is -0.346 e. The highest BCUT2D eigenvalue weighted by Gasteiger charge is 2.34. The molecule has 132 valence electrons. The first kappa shape index (κ1) is 17.2. The molecular formula is C23H23BrN2. The fourth-order valence-corrected chi connectivity index (χ4v) is 4.15. The van der Waals surface area contributed by atoms with Gasteiger partial charge >= 0.3 is 0 Å². The molecule has 1 heterocycles. The van der Waals surface area contributed by atoms with Crippen LogP contribution < -0.4 is 9.80 Å². The first-order chi connectivity index (χ1) is 12.6. The molecule has 0 unspecified atom stereocenters. The zero-order chi connectivity index (χ0) is 18.1. The van der Waals surface area contributed by atoms with Crippen LogP contribution in [0.15, 0.2) is 77.3 Å². The van der Waals surface area contributed by atoms with Crippen LogP contribution in [0.3, 0.4) is 0 Å². The number of hydrogen-bond donors (Lipinski definition) is 0. The van der Waals surface area contributed by atoms with E-state index in [0.717, 1.165) is 17.6 Å². The van der Waals surface area contributed by atoms with E-state index < -0.39 is 0 Å². The Bertz CT molecular complexity index is 833. The van der Waals surface area contributed by atoms with Crippen LogP contribution in [0.1, 0.15) is 22.9 Å². The van der Waals surface area contributed by atoms with Gasteiger partial charge in [0.2, 0.25) is 0 Å². The van der Waals surface area contributed by atoms with Gasteiger partial charge in [-0.05, 0) is 44.2 Å². The second kappa shape index (κ2) is 7.16. The van der Waals surface area contributed by atoms with Gasteiger partial charge in [-0.1, -0.05) is 69.5 Å². The molecule has 0 aliphatic carbocycles. The third-order valence-corrected chi connectivity index (χ3v) is 5.81. The first-order valence-corrected chi connectivity index (χ1v) is 9.84. The second-order valence-corrected chi connectivity index (χ2v) is 7.81.